The quantitative estimate of drug-likeness (QED) is 0.765. The summed E-state index contributed by atoms with van der Waals surface area (Å²) in [6.07, 6.45) is -4.35. The zero-order chi connectivity index (χ0) is 21.7. The van der Waals surface area contributed by atoms with Crippen molar-refractivity contribution in [1.82, 2.24) is 4.90 Å². The van der Waals surface area contributed by atoms with E-state index in [9.17, 15) is 22.8 Å². The van der Waals surface area contributed by atoms with E-state index >= 15 is 0 Å². The van der Waals surface area contributed by atoms with Gasteiger partial charge in [-0.3, -0.25) is 9.59 Å². The number of likely N-dealkylation sites (tertiary alicyclic amines) is 1. The molecule has 1 fully saturated rings. The average molecular weight is 420 g/mol. The van der Waals surface area contributed by atoms with Crippen molar-refractivity contribution in [1.29, 1.82) is 0 Å². The molecule has 2 aromatic rings. The van der Waals surface area contributed by atoms with Crippen LogP contribution in [-0.4, -0.2) is 35.8 Å². The van der Waals surface area contributed by atoms with Crippen molar-refractivity contribution in [2.24, 2.45) is 5.92 Å². The molecule has 2 aliphatic heterocycles. The molecular weight excluding hydrogens is 401 g/mol. The molecule has 2 aromatic carbocycles. The van der Waals surface area contributed by atoms with Gasteiger partial charge in [0.25, 0.3) is 0 Å². The van der Waals surface area contributed by atoms with E-state index in [1.807, 2.05) is 18.2 Å². The molecule has 0 unspecified atom stereocenters. The Labute approximate surface area is 170 Å². The summed E-state index contributed by atoms with van der Waals surface area (Å²) in [5.41, 5.74) is 0.188. The fourth-order valence-corrected chi connectivity index (χ4v) is 4.05. The number of nitrogens with zero attached hydrogens (tertiary/aromatic N) is 1. The number of alkyl halides is 3. The lowest BCUT2D eigenvalue weighted by Crippen LogP contribution is -2.62. The van der Waals surface area contributed by atoms with Crippen LogP contribution in [0.1, 0.15) is 24.8 Å². The van der Waals surface area contributed by atoms with Crippen LogP contribution < -0.4 is 14.8 Å². The third-order valence-corrected chi connectivity index (χ3v) is 5.59. The van der Waals surface area contributed by atoms with Gasteiger partial charge in [0.15, 0.2) is 5.72 Å². The van der Waals surface area contributed by atoms with E-state index in [2.05, 4.69) is 10.1 Å². The molecule has 0 radical (unpaired) electrons. The third kappa shape index (κ3) is 3.55. The first-order chi connectivity index (χ1) is 14.1. The van der Waals surface area contributed by atoms with Gasteiger partial charge in [0.05, 0.1) is 0 Å². The number of anilines is 1. The van der Waals surface area contributed by atoms with Crippen LogP contribution in [0.25, 0.3) is 0 Å². The minimum Gasteiger partial charge on any atom is -0.468 e. The zero-order valence-electron chi connectivity index (χ0n) is 16.2. The van der Waals surface area contributed by atoms with Crippen LogP contribution in [0.4, 0.5) is 18.9 Å². The number of piperidine rings is 1. The summed E-state index contributed by atoms with van der Waals surface area (Å²) in [4.78, 5) is 27.5. The molecule has 6 nitrogen and oxygen atoms in total. The number of para-hydroxylation sites is 1. The largest absolute Gasteiger partial charge is 0.573 e. The zero-order valence-corrected chi connectivity index (χ0v) is 16.2. The Morgan fingerprint density at radius 2 is 1.87 bits per heavy atom. The highest BCUT2D eigenvalue weighted by Crippen LogP contribution is 2.49. The van der Waals surface area contributed by atoms with Crippen molar-refractivity contribution in [3.63, 3.8) is 0 Å². The number of halogens is 3. The van der Waals surface area contributed by atoms with Crippen LogP contribution in [0.5, 0.6) is 11.5 Å². The molecule has 0 spiro atoms. The molecule has 0 saturated carbocycles. The van der Waals surface area contributed by atoms with Crippen LogP contribution in [0.3, 0.4) is 0 Å². The number of benzene rings is 2. The van der Waals surface area contributed by atoms with Gasteiger partial charge in [0.1, 0.15) is 17.4 Å². The van der Waals surface area contributed by atoms with Crippen molar-refractivity contribution < 1.29 is 32.2 Å². The standard InChI is InChI=1S/C21H19F3N2O4/c1-20-11-15(14-5-3-4-6-16(14)30-20)17(19(28)26(20)2)18(27)25-12-7-9-13(10-8-12)29-21(22,23)24/h3-10,15,17H,11H2,1-2H3,(H,25,27)/t15-,17-,20+/m0/s1. The number of hydrogen-bond acceptors (Lipinski definition) is 4. The number of fused-ring (bicyclic) bond motifs is 4. The van der Waals surface area contributed by atoms with Gasteiger partial charge in [-0.05, 0) is 42.8 Å². The van der Waals surface area contributed by atoms with Crippen molar-refractivity contribution in [2.75, 3.05) is 12.4 Å². The maximum absolute atomic E-state index is 13.0. The van der Waals surface area contributed by atoms with Gasteiger partial charge in [0, 0.05) is 25.1 Å². The number of ether oxygens (including phenoxy) is 2. The van der Waals surface area contributed by atoms with Crippen molar-refractivity contribution >= 4 is 17.5 Å². The summed E-state index contributed by atoms with van der Waals surface area (Å²) in [6, 6.07) is 12.1. The van der Waals surface area contributed by atoms with Crippen LogP contribution in [-0.2, 0) is 9.59 Å². The molecule has 1 saturated heterocycles. The van der Waals surface area contributed by atoms with Gasteiger partial charge < -0.3 is 19.7 Å². The van der Waals surface area contributed by atoms with Crippen molar-refractivity contribution in [2.45, 2.75) is 31.3 Å². The SMILES string of the molecule is CN1C(=O)[C@H](C(=O)Nc2ccc(OC(F)(F)F)cc2)[C@H]2C[C@@]1(C)Oc1ccccc12. The summed E-state index contributed by atoms with van der Waals surface area (Å²) >= 11 is 0. The average Bonchev–Trinajstić information content (AvgIpc) is 2.67. The molecule has 2 aliphatic rings. The van der Waals surface area contributed by atoms with Crippen molar-refractivity contribution in [3.05, 3.63) is 54.1 Å². The molecule has 3 atom stereocenters. The van der Waals surface area contributed by atoms with Gasteiger partial charge in [-0.25, -0.2) is 0 Å². The lowest BCUT2D eigenvalue weighted by molar-refractivity contribution is -0.274. The molecule has 2 heterocycles. The van der Waals surface area contributed by atoms with E-state index in [4.69, 9.17) is 4.74 Å². The minimum absolute atomic E-state index is 0.263. The predicted molar refractivity (Wildman–Crippen MR) is 101 cm³/mol. The minimum atomic E-state index is -4.80. The second-order valence-electron chi connectivity index (χ2n) is 7.56. The Hall–Kier alpha value is -3.23. The van der Waals surface area contributed by atoms with E-state index in [1.54, 1.807) is 20.0 Å². The summed E-state index contributed by atoms with van der Waals surface area (Å²) in [5, 5.41) is 2.64. The molecule has 2 bridgehead atoms. The second-order valence-corrected chi connectivity index (χ2v) is 7.56. The number of hydrogen-bond donors (Lipinski definition) is 1. The first-order valence-corrected chi connectivity index (χ1v) is 9.30. The Balaban J connectivity index is 1.59. The van der Waals surface area contributed by atoms with E-state index in [0.717, 1.165) is 17.7 Å². The number of nitrogens with one attached hydrogen (secondary N) is 1. The summed E-state index contributed by atoms with van der Waals surface area (Å²) in [7, 11) is 1.59. The summed E-state index contributed by atoms with van der Waals surface area (Å²) in [5.74, 6) is -2.04. The monoisotopic (exact) mass is 420 g/mol. The van der Waals surface area contributed by atoms with E-state index in [-0.39, 0.29) is 17.5 Å². The highest BCUT2D eigenvalue weighted by Gasteiger charge is 2.54. The van der Waals surface area contributed by atoms with Gasteiger partial charge in [-0.1, -0.05) is 18.2 Å². The maximum atomic E-state index is 13.0. The lowest BCUT2D eigenvalue weighted by atomic mass is 9.73. The predicted octanol–water partition coefficient (Wildman–Crippen LogP) is 3.89. The van der Waals surface area contributed by atoms with E-state index in [0.29, 0.717) is 12.2 Å². The Kier molecular flexibility index (Phi) is 4.63. The first kappa shape index (κ1) is 20.1. The van der Waals surface area contributed by atoms with Crippen LogP contribution in [0.15, 0.2) is 48.5 Å². The molecule has 158 valence electrons. The third-order valence-electron chi connectivity index (χ3n) is 5.59. The molecular formula is C21H19F3N2O4. The van der Waals surface area contributed by atoms with Gasteiger partial charge in [-0.15, -0.1) is 13.2 Å². The van der Waals surface area contributed by atoms with Gasteiger partial charge in [-0.2, -0.15) is 0 Å². The first-order valence-electron chi connectivity index (χ1n) is 9.30. The fourth-order valence-electron chi connectivity index (χ4n) is 4.05. The molecule has 9 heteroatoms. The number of carbonyl (C=O) groups excluding carboxylic acids is 2. The topological polar surface area (TPSA) is 67.9 Å². The highest BCUT2D eigenvalue weighted by atomic mass is 19.4. The Morgan fingerprint density at radius 1 is 1.20 bits per heavy atom. The fraction of sp³-hybridized carbons (Fsp3) is 0.333. The molecule has 30 heavy (non-hydrogen) atoms. The Morgan fingerprint density at radius 3 is 2.53 bits per heavy atom. The molecule has 4 rings (SSSR count). The normalized spacial score (nSPS) is 25.2. The highest BCUT2D eigenvalue weighted by molar-refractivity contribution is 6.08. The lowest BCUT2D eigenvalue weighted by Gasteiger charge is -2.51. The van der Waals surface area contributed by atoms with Gasteiger partial charge in [0.2, 0.25) is 11.8 Å². The number of amides is 2. The van der Waals surface area contributed by atoms with E-state index < -0.39 is 29.7 Å². The Bertz CT molecular complexity index is 992. The molecule has 0 aromatic heterocycles. The summed E-state index contributed by atoms with van der Waals surface area (Å²) in [6.45, 7) is 1.81. The van der Waals surface area contributed by atoms with Crippen LogP contribution in [0.2, 0.25) is 0 Å². The molecule has 2 amide bonds. The maximum Gasteiger partial charge on any atom is 0.573 e. The van der Waals surface area contributed by atoms with Gasteiger partial charge >= 0.3 is 6.36 Å². The van der Waals surface area contributed by atoms with Crippen LogP contribution in [0, 0.1) is 5.92 Å². The molecule has 1 N–H and O–H groups in total. The smallest absolute Gasteiger partial charge is 0.468 e. The van der Waals surface area contributed by atoms with Crippen LogP contribution >= 0.6 is 0 Å². The second kappa shape index (κ2) is 6.93. The number of rotatable bonds is 3. The summed E-state index contributed by atoms with van der Waals surface area (Å²) < 4.78 is 46.8. The molecule has 0 aliphatic carbocycles. The van der Waals surface area contributed by atoms with E-state index in [1.165, 1.54) is 17.0 Å². The van der Waals surface area contributed by atoms with Crippen molar-refractivity contribution in [3.8, 4) is 11.5 Å². The number of carbonyl (C=O) groups is 2.